The Morgan fingerprint density at radius 1 is 1.33 bits per heavy atom. The first kappa shape index (κ1) is 16.0. The van der Waals surface area contributed by atoms with Crippen molar-refractivity contribution in [1.82, 2.24) is 5.32 Å². The van der Waals surface area contributed by atoms with Crippen molar-refractivity contribution < 1.29 is 4.79 Å². The lowest BCUT2D eigenvalue weighted by Crippen LogP contribution is -2.52. The average Bonchev–Trinajstić information content (AvgIpc) is 2.41. The van der Waals surface area contributed by atoms with Gasteiger partial charge in [-0.1, -0.05) is 50.6 Å². The summed E-state index contributed by atoms with van der Waals surface area (Å²) in [7, 11) is 0. The van der Waals surface area contributed by atoms with E-state index < -0.39 is 5.54 Å². The molecule has 1 aromatic rings. The molecule has 0 saturated heterocycles. The highest BCUT2D eigenvalue weighted by molar-refractivity contribution is 5.87. The molecule has 0 aliphatic heterocycles. The van der Waals surface area contributed by atoms with E-state index in [1.54, 1.807) is 6.92 Å². The minimum atomic E-state index is -0.968. The summed E-state index contributed by atoms with van der Waals surface area (Å²) in [4.78, 5) is 12.5. The van der Waals surface area contributed by atoms with E-state index in [1.165, 1.54) is 25.7 Å². The summed E-state index contributed by atoms with van der Waals surface area (Å²) in [5.74, 6) is 0.587. The van der Waals surface area contributed by atoms with E-state index in [2.05, 4.69) is 19.2 Å². The smallest absolute Gasteiger partial charge is 0.244 e. The lowest BCUT2D eigenvalue weighted by atomic mass is 9.64. The number of hydrogen-bond donors (Lipinski definition) is 2. The van der Waals surface area contributed by atoms with Crippen molar-refractivity contribution in [2.45, 2.75) is 52.0 Å². The van der Waals surface area contributed by atoms with Crippen molar-refractivity contribution in [2.75, 3.05) is 6.54 Å². The van der Waals surface area contributed by atoms with Gasteiger partial charge in [-0.15, -0.1) is 0 Å². The van der Waals surface area contributed by atoms with Crippen LogP contribution in [0.1, 0.15) is 52.0 Å². The van der Waals surface area contributed by atoms with Gasteiger partial charge in [0, 0.05) is 6.54 Å². The van der Waals surface area contributed by atoms with Crippen LogP contribution in [0.5, 0.6) is 0 Å². The zero-order valence-electron chi connectivity index (χ0n) is 13.5. The number of nitrogens with two attached hydrogens (primary N) is 1. The second-order valence-corrected chi connectivity index (χ2v) is 7.20. The van der Waals surface area contributed by atoms with Crippen molar-refractivity contribution in [3.8, 4) is 0 Å². The number of rotatable bonds is 6. The summed E-state index contributed by atoms with van der Waals surface area (Å²) in [6.45, 7) is 7.04. The van der Waals surface area contributed by atoms with Crippen LogP contribution in [0.4, 0.5) is 0 Å². The molecule has 1 aliphatic rings. The average molecular weight is 288 g/mol. The summed E-state index contributed by atoms with van der Waals surface area (Å²) in [5, 5.41) is 3.11. The highest BCUT2D eigenvalue weighted by Crippen LogP contribution is 2.45. The number of carbonyl (C=O) groups excluding carboxylic acids is 1. The molecule has 1 fully saturated rings. The minimum Gasteiger partial charge on any atom is -0.354 e. The van der Waals surface area contributed by atoms with Crippen LogP contribution >= 0.6 is 0 Å². The molecule has 1 unspecified atom stereocenters. The van der Waals surface area contributed by atoms with Gasteiger partial charge >= 0.3 is 0 Å². The van der Waals surface area contributed by atoms with Crippen molar-refractivity contribution in [1.29, 1.82) is 0 Å². The first-order chi connectivity index (χ1) is 9.86. The third kappa shape index (κ3) is 3.65. The fraction of sp³-hybridized carbons (Fsp3) is 0.611. The summed E-state index contributed by atoms with van der Waals surface area (Å²) in [5.41, 5.74) is 6.45. The standard InChI is InChI=1S/C18H28N2O/c1-14(2)12-18(10-7-11-18)13-20-16(21)17(3,19)15-8-5-4-6-9-15/h4-6,8-9,14H,7,10-13,19H2,1-3H3,(H,20,21). The maximum atomic E-state index is 12.5. The third-order valence-electron chi connectivity index (χ3n) is 4.72. The van der Waals surface area contributed by atoms with Gasteiger partial charge in [0.15, 0.2) is 0 Å². The number of nitrogens with one attached hydrogen (secondary N) is 1. The molecule has 0 aromatic heterocycles. The molecule has 0 radical (unpaired) electrons. The van der Waals surface area contributed by atoms with Gasteiger partial charge in [-0.25, -0.2) is 0 Å². The van der Waals surface area contributed by atoms with Crippen molar-refractivity contribution >= 4 is 5.91 Å². The lowest BCUT2D eigenvalue weighted by molar-refractivity contribution is -0.127. The van der Waals surface area contributed by atoms with Gasteiger partial charge in [0.2, 0.25) is 5.91 Å². The molecule has 1 aromatic carbocycles. The lowest BCUT2D eigenvalue weighted by Gasteiger charge is -2.44. The highest BCUT2D eigenvalue weighted by atomic mass is 16.2. The normalized spacial score (nSPS) is 19.7. The molecule has 0 heterocycles. The van der Waals surface area contributed by atoms with E-state index in [9.17, 15) is 4.79 Å². The van der Waals surface area contributed by atoms with Gasteiger partial charge in [0.25, 0.3) is 0 Å². The highest BCUT2D eigenvalue weighted by Gasteiger charge is 2.39. The first-order valence-corrected chi connectivity index (χ1v) is 7.98. The van der Waals surface area contributed by atoms with Crippen LogP contribution in [0.2, 0.25) is 0 Å². The molecule has 1 amide bonds. The SMILES string of the molecule is CC(C)CC1(CNC(=O)C(C)(N)c2ccccc2)CCC1. The molecule has 2 rings (SSSR count). The Kier molecular flexibility index (Phi) is 4.72. The zero-order valence-corrected chi connectivity index (χ0v) is 13.5. The molecule has 116 valence electrons. The van der Waals surface area contributed by atoms with E-state index in [4.69, 9.17) is 5.73 Å². The van der Waals surface area contributed by atoms with Crippen LogP contribution in [0.3, 0.4) is 0 Å². The second-order valence-electron chi connectivity index (χ2n) is 7.20. The summed E-state index contributed by atoms with van der Waals surface area (Å²) in [6.07, 6.45) is 4.90. The Morgan fingerprint density at radius 2 is 1.95 bits per heavy atom. The third-order valence-corrected chi connectivity index (χ3v) is 4.72. The van der Waals surface area contributed by atoms with Gasteiger partial charge < -0.3 is 11.1 Å². The second kappa shape index (κ2) is 6.18. The topological polar surface area (TPSA) is 55.1 Å². The Hall–Kier alpha value is -1.35. The largest absolute Gasteiger partial charge is 0.354 e. The van der Waals surface area contributed by atoms with Crippen LogP contribution in [0.15, 0.2) is 30.3 Å². The predicted molar refractivity (Wildman–Crippen MR) is 86.7 cm³/mol. The number of benzene rings is 1. The van der Waals surface area contributed by atoms with Crippen molar-refractivity contribution in [3.63, 3.8) is 0 Å². The van der Waals surface area contributed by atoms with Crippen molar-refractivity contribution in [3.05, 3.63) is 35.9 Å². The Labute approximate surface area is 128 Å². The summed E-state index contributed by atoms with van der Waals surface area (Å²) in [6, 6.07) is 9.59. The van der Waals surface area contributed by atoms with E-state index in [1.807, 2.05) is 30.3 Å². The molecule has 1 atom stereocenters. The molecule has 0 bridgehead atoms. The first-order valence-electron chi connectivity index (χ1n) is 7.98. The Balaban J connectivity index is 1.98. The van der Waals surface area contributed by atoms with Gasteiger partial charge in [0.05, 0.1) is 0 Å². The molecule has 21 heavy (non-hydrogen) atoms. The number of amides is 1. The van der Waals surface area contributed by atoms with Gasteiger partial charge in [-0.05, 0) is 43.1 Å². The van der Waals surface area contributed by atoms with Gasteiger partial charge in [-0.2, -0.15) is 0 Å². The maximum Gasteiger partial charge on any atom is 0.244 e. The number of carbonyl (C=O) groups is 1. The van der Waals surface area contributed by atoms with E-state index in [0.29, 0.717) is 11.3 Å². The fourth-order valence-electron chi connectivity index (χ4n) is 3.36. The summed E-state index contributed by atoms with van der Waals surface area (Å²) < 4.78 is 0. The van der Waals surface area contributed by atoms with E-state index in [-0.39, 0.29) is 5.91 Å². The van der Waals surface area contributed by atoms with Crippen LogP contribution in [0, 0.1) is 11.3 Å². The molecule has 3 N–H and O–H groups in total. The fourth-order valence-corrected chi connectivity index (χ4v) is 3.36. The van der Waals surface area contributed by atoms with Gasteiger partial charge in [0.1, 0.15) is 5.54 Å². The number of hydrogen-bond acceptors (Lipinski definition) is 2. The van der Waals surface area contributed by atoms with Crippen LogP contribution in [-0.4, -0.2) is 12.5 Å². The monoisotopic (exact) mass is 288 g/mol. The predicted octanol–water partition coefficient (Wildman–Crippen LogP) is 3.19. The van der Waals surface area contributed by atoms with E-state index >= 15 is 0 Å². The van der Waals surface area contributed by atoms with Crippen LogP contribution in [-0.2, 0) is 10.3 Å². The molecule has 0 spiro atoms. The Morgan fingerprint density at radius 3 is 2.43 bits per heavy atom. The molecular formula is C18H28N2O. The van der Waals surface area contributed by atoms with Crippen LogP contribution < -0.4 is 11.1 Å². The van der Waals surface area contributed by atoms with Crippen LogP contribution in [0.25, 0.3) is 0 Å². The molecule has 3 nitrogen and oxygen atoms in total. The zero-order chi connectivity index (χ0) is 15.5. The quantitative estimate of drug-likeness (QED) is 0.844. The van der Waals surface area contributed by atoms with Crippen molar-refractivity contribution in [2.24, 2.45) is 17.1 Å². The van der Waals surface area contributed by atoms with Gasteiger partial charge in [-0.3, -0.25) is 4.79 Å². The molecule has 1 saturated carbocycles. The van der Waals surface area contributed by atoms with E-state index in [0.717, 1.165) is 12.1 Å². The molecule has 1 aliphatic carbocycles. The molecule has 3 heteroatoms. The molecular weight excluding hydrogens is 260 g/mol. The maximum absolute atomic E-state index is 12.5. The summed E-state index contributed by atoms with van der Waals surface area (Å²) >= 11 is 0. The minimum absolute atomic E-state index is 0.0799. The Bertz CT molecular complexity index is 475.